The average molecular weight is 230 g/mol. The van der Waals surface area contributed by atoms with Crippen LogP contribution in [0.25, 0.3) is 0 Å². The second-order valence-electron chi connectivity index (χ2n) is 5.41. The Morgan fingerprint density at radius 1 is 1.29 bits per heavy atom. The van der Waals surface area contributed by atoms with Crippen LogP contribution in [-0.4, -0.2) is 31.1 Å². The molecule has 2 heterocycles. The number of nitrogens with zero attached hydrogens (tertiary/aromatic N) is 1. The summed E-state index contributed by atoms with van der Waals surface area (Å²) in [5.74, 6) is 0. The van der Waals surface area contributed by atoms with E-state index in [1.54, 1.807) is 11.1 Å². The molecule has 0 bridgehead atoms. The van der Waals surface area contributed by atoms with Crippen LogP contribution in [0.5, 0.6) is 0 Å². The van der Waals surface area contributed by atoms with Crippen molar-refractivity contribution >= 4 is 0 Å². The van der Waals surface area contributed by atoms with Crippen LogP contribution in [-0.2, 0) is 6.42 Å². The number of hydrogen-bond acceptors (Lipinski definition) is 2. The Bertz CT molecular complexity index is 394. The van der Waals surface area contributed by atoms with Crippen LogP contribution < -0.4 is 5.32 Å². The molecular formula is C15H22N2. The molecule has 0 aromatic heterocycles. The molecule has 1 N–H and O–H groups in total. The first kappa shape index (κ1) is 11.2. The smallest absolute Gasteiger partial charge is 0.0452 e. The lowest BCUT2D eigenvalue weighted by atomic mass is 9.91. The van der Waals surface area contributed by atoms with Gasteiger partial charge in [0.15, 0.2) is 0 Å². The van der Waals surface area contributed by atoms with E-state index in [4.69, 9.17) is 0 Å². The van der Waals surface area contributed by atoms with Crippen LogP contribution in [0.2, 0.25) is 0 Å². The van der Waals surface area contributed by atoms with Crippen LogP contribution in [0.1, 0.15) is 35.6 Å². The zero-order valence-corrected chi connectivity index (χ0v) is 10.7. The van der Waals surface area contributed by atoms with Gasteiger partial charge in [0, 0.05) is 12.6 Å². The topological polar surface area (TPSA) is 15.3 Å². The molecule has 0 aliphatic carbocycles. The summed E-state index contributed by atoms with van der Waals surface area (Å²) in [6.07, 6.45) is 3.96. The molecule has 0 saturated carbocycles. The molecule has 17 heavy (non-hydrogen) atoms. The third-order valence-electron chi connectivity index (χ3n) is 4.23. The summed E-state index contributed by atoms with van der Waals surface area (Å²) < 4.78 is 0. The summed E-state index contributed by atoms with van der Waals surface area (Å²) >= 11 is 0. The molecular weight excluding hydrogens is 208 g/mol. The van der Waals surface area contributed by atoms with Gasteiger partial charge in [0.2, 0.25) is 0 Å². The number of aryl methyl sites for hydroxylation is 1. The fourth-order valence-corrected chi connectivity index (χ4v) is 3.26. The Kier molecular flexibility index (Phi) is 3.17. The molecule has 0 spiro atoms. The number of rotatable bonds is 2. The van der Waals surface area contributed by atoms with E-state index < -0.39 is 0 Å². The highest BCUT2D eigenvalue weighted by molar-refractivity contribution is 5.38. The summed E-state index contributed by atoms with van der Waals surface area (Å²) in [5.41, 5.74) is 4.61. The molecule has 3 rings (SSSR count). The van der Waals surface area contributed by atoms with Gasteiger partial charge in [0.25, 0.3) is 0 Å². The minimum Gasteiger partial charge on any atom is -0.309 e. The van der Waals surface area contributed by atoms with E-state index >= 15 is 0 Å². The van der Waals surface area contributed by atoms with Crippen LogP contribution >= 0.6 is 0 Å². The Morgan fingerprint density at radius 2 is 2.12 bits per heavy atom. The first-order valence-electron chi connectivity index (χ1n) is 6.89. The largest absolute Gasteiger partial charge is 0.309 e. The lowest BCUT2D eigenvalue weighted by Crippen LogP contribution is -2.38. The van der Waals surface area contributed by atoms with Gasteiger partial charge in [-0.1, -0.05) is 18.2 Å². The third-order valence-corrected chi connectivity index (χ3v) is 4.23. The summed E-state index contributed by atoms with van der Waals surface area (Å²) in [6, 6.07) is 7.32. The van der Waals surface area contributed by atoms with Crippen LogP contribution in [0.4, 0.5) is 0 Å². The highest BCUT2D eigenvalue weighted by Gasteiger charge is 2.23. The number of fused-ring (bicyclic) bond motifs is 1. The fourth-order valence-electron chi connectivity index (χ4n) is 3.26. The van der Waals surface area contributed by atoms with Crippen molar-refractivity contribution in [3.05, 3.63) is 34.9 Å². The normalized spacial score (nSPS) is 24.9. The SMILES string of the molecule is Cc1cccc2c1CCN[C@@H]2CN1CCCC1. The maximum absolute atomic E-state index is 3.69. The van der Waals surface area contributed by atoms with Crippen molar-refractivity contribution < 1.29 is 0 Å². The summed E-state index contributed by atoms with van der Waals surface area (Å²) in [5, 5.41) is 3.69. The maximum atomic E-state index is 3.69. The van der Waals surface area contributed by atoms with Gasteiger partial charge in [0.1, 0.15) is 0 Å². The molecule has 2 nitrogen and oxygen atoms in total. The van der Waals surface area contributed by atoms with E-state index in [1.165, 1.54) is 44.5 Å². The number of nitrogens with one attached hydrogen (secondary N) is 1. The molecule has 92 valence electrons. The molecule has 1 aromatic carbocycles. The van der Waals surface area contributed by atoms with Gasteiger partial charge in [-0.15, -0.1) is 0 Å². The Hall–Kier alpha value is -0.860. The van der Waals surface area contributed by atoms with E-state index in [1.807, 2.05) is 0 Å². The minimum atomic E-state index is 0.553. The zero-order chi connectivity index (χ0) is 11.7. The fraction of sp³-hybridized carbons (Fsp3) is 0.600. The first-order chi connectivity index (χ1) is 8.34. The number of hydrogen-bond donors (Lipinski definition) is 1. The molecule has 1 fully saturated rings. The second-order valence-corrected chi connectivity index (χ2v) is 5.41. The maximum Gasteiger partial charge on any atom is 0.0452 e. The molecule has 2 aliphatic rings. The van der Waals surface area contributed by atoms with Crippen molar-refractivity contribution in [3.63, 3.8) is 0 Å². The predicted octanol–water partition coefficient (Wildman–Crippen LogP) is 2.28. The van der Waals surface area contributed by atoms with E-state index in [0.29, 0.717) is 6.04 Å². The predicted molar refractivity (Wildman–Crippen MR) is 71.3 cm³/mol. The standard InChI is InChI=1S/C15H22N2/c1-12-5-4-6-14-13(12)7-8-16-15(14)11-17-9-2-3-10-17/h4-6,15-16H,2-3,7-11H2,1H3/t15-/m1/s1. The van der Waals surface area contributed by atoms with Crippen molar-refractivity contribution in [2.75, 3.05) is 26.2 Å². The minimum absolute atomic E-state index is 0.553. The number of likely N-dealkylation sites (tertiary alicyclic amines) is 1. The molecule has 0 unspecified atom stereocenters. The summed E-state index contributed by atoms with van der Waals surface area (Å²) in [7, 11) is 0. The Morgan fingerprint density at radius 3 is 2.94 bits per heavy atom. The summed E-state index contributed by atoms with van der Waals surface area (Å²) in [6.45, 7) is 7.16. The van der Waals surface area contributed by atoms with Gasteiger partial charge < -0.3 is 10.2 Å². The van der Waals surface area contributed by atoms with E-state index in [0.717, 1.165) is 6.54 Å². The van der Waals surface area contributed by atoms with E-state index in [9.17, 15) is 0 Å². The van der Waals surface area contributed by atoms with E-state index in [-0.39, 0.29) is 0 Å². The zero-order valence-electron chi connectivity index (χ0n) is 10.7. The highest BCUT2D eigenvalue weighted by Crippen LogP contribution is 2.26. The van der Waals surface area contributed by atoms with Crippen molar-refractivity contribution in [2.45, 2.75) is 32.2 Å². The lowest BCUT2D eigenvalue weighted by Gasteiger charge is -2.31. The van der Waals surface area contributed by atoms with Gasteiger partial charge in [-0.05, 0) is 62.5 Å². The lowest BCUT2D eigenvalue weighted by molar-refractivity contribution is 0.287. The molecule has 0 radical (unpaired) electrons. The Balaban J connectivity index is 1.81. The van der Waals surface area contributed by atoms with Gasteiger partial charge in [-0.2, -0.15) is 0 Å². The second kappa shape index (κ2) is 4.79. The quantitative estimate of drug-likeness (QED) is 0.838. The van der Waals surface area contributed by atoms with Gasteiger partial charge >= 0.3 is 0 Å². The van der Waals surface area contributed by atoms with E-state index in [2.05, 4.69) is 35.3 Å². The molecule has 1 saturated heterocycles. The molecule has 1 atom stereocenters. The van der Waals surface area contributed by atoms with Crippen molar-refractivity contribution in [1.82, 2.24) is 10.2 Å². The molecule has 0 amide bonds. The first-order valence-corrected chi connectivity index (χ1v) is 6.89. The molecule has 2 heteroatoms. The third kappa shape index (κ3) is 2.24. The monoisotopic (exact) mass is 230 g/mol. The molecule has 1 aromatic rings. The van der Waals surface area contributed by atoms with Crippen molar-refractivity contribution in [1.29, 1.82) is 0 Å². The van der Waals surface area contributed by atoms with Crippen LogP contribution in [0.15, 0.2) is 18.2 Å². The average Bonchev–Trinajstić information content (AvgIpc) is 2.83. The van der Waals surface area contributed by atoms with Gasteiger partial charge in [-0.3, -0.25) is 0 Å². The van der Waals surface area contributed by atoms with Gasteiger partial charge in [0.05, 0.1) is 0 Å². The van der Waals surface area contributed by atoms with Crippen molar-refractivity contribution in [2.24, 2.45) is 0 Å². The molecule has 2 aliphatic heterocycles. The Labute approximate surface area is 104 Å². The van der Waals surface area contributed by atoms with Crippen LogP contribution in [0, 0.1) is 6.92 Å². The highest BCUT2D eigenvalue weighted by atomic mass is 15.2. The van der Waals surface area contributed by atoms with Crippen LogP contribution in [0.3, 0.4) is 0 Å². The van der Waals surface area contributed by atoms with Crippen molar-refractivity contribution in [3.8, 4) is 0 Å². The number of benzene rings is 1. The summed E-state index contributed by atoms with van der Waals surface area (Å²) in [4.78, 5) is 2.61. The van der Waals surface area contributed by atoms with Gasteiger partial charge in [-0.25, -0.2) is 0 Å².